The zero-order valence-corrected chi connectivity index (χ0v) is 10.5. The van der Waals surface area contributed by atoms with Crippen LogP contribution in [0.5, 0.6) is 0 Å². The molecular weight excluding hydrogens is 232 g/mol. The normalized spacial score (nSPS) is 13.5. The summed E-state index contributed by atoms with van der Waals surface area (Å²) in [7, 11) is 0. The third-order valence-corrected chi connectivity index (χ3v) is 2.57. The fourth-order valence-corrected chi connectivity index (χ4v) is 1.21. The van der Waals surface area contributed by atoms with Crippen LogP contribution >= 0.6 is 0 Å². The Labute approximate surface area is 106 Å². The summed E-state index contributed by atoms with van der Waals surface area (Å²) in [6.45, 7) is 3.39. The zero-order chi connectivity index (χ0) is 13.5. The van der Waals surface area contributed by atoms with Crippen molar-refractivity contribution in [3.05, 3.63) is 24.5 Å². The molecule has 0 saturated carbocycles. The molecule has 4 N–H and O–H groups in total. The number of nitrogens with one attached hydrogen (secondary N) is 2. The van der Waals surface area contributed by atoms with Gasteiger partial charge in [0.15, 0.2) is 0 Å². The molecule has 0 aromatic carbocycles. The molecule has 1 heterocycles. The molecule has 98 valence electrons. The van der Waals surface area contributed by atoms with Crippen molar-refractivity contribution in [3.8, 4) is 0 Å². The van der Waals surface area contributed by atoms with E-state index in [2.05, 4.69) is 15.6 Å². The van der Waals surface area contributed by atoms with E-state index >= 15 is 0 Å². The summed E-state index contributed by atoms with van der Waals surface area (Å²) in [5.41, 5.74) is 6.19. The van der Waals surface area contributed by atoms with E-state index < -0.39 is 0 Å². The Morgan fingerprint density at radius 3 is 2.72 bits per heavy atom. The highest BCUT2D eigenvalue weighted by molar-refractivity contribution is 5.94. The summed E-state index contributed by atoms with van der Waals surface area (Å²) in [6.07, 6.45) is 3.14. The minimum Gasteiger partial charge on any atom is -0.347 e. The monoisotopic (exact) mass is 250 g/mol. The third kappa shape index (κ3) is 4.50. The first-order chi connectivity index (χ1) is 8.50. The van der Waals surface area contributed by atoms with Gasteiger partial charge in [-0.15, -0.1) is 0 Å². The van der Waals surface area contributed by atoms with Gasteiger partial charge in [-0.25, -0.2) is 0 Å². The van der Waals surface area contributed by atoms with Crippen LogP contribution in [0.25, 0.3) is 0 Å². The highest BCUT2D eigenvalue weighted by Gasteiger charge is 2.17. The SMILES string of the molecule is CC(N)C(C)C(=O)NCC(=O)Nc1cccnc1. The highest BCUT2D eigenvalue weighted by atomic mass is 16.2. The summed E-state index contributed by atoms with van der Waals surface area (Å²) >= 11 is 0. The van der Waals surface area contributed by atoms with Gasteiger partial charge in [0.1, 0.15) is 0 Å². The van der Waals surface area contributed by atoms with E-state index in [1.165, 1.54) is 6.20 Å². The van der Waals surface area contributed by atoms with Crippen molar-refractivity contribution in [3.63, 3.8) is 0 Å². The van der Waals surface area contributed by atoms with Gasteiger partial charge in [0, 0.05) is 18.2 Å². The van der Waals surface area contributed by atoms with E-state index in [-0.39, 0.29) is 30.3 Å². The lowest BCUT2D eigenvalue weighted by atomic mass is 10.0. The van der Waals surface area contributed by atoms with Crippen LogP contribution in [0.4, 0.5) is 5.69 Å². The summed E-state index contributed by atoms with van der Waals surface area (Å²) < 4.78 is 0. The lowest BCUT2D eigenvalue weighted by molar-refractivity contribution is -0.127. The topological polar surface area (TPSA) is 97.1 Å². The summed E-state index contributed by atoms with van der Waals surface area (Å²) in [5.74, 6) is -0.851. The summed E-state index contributed by atoms with van der Waals surface area (Å²) in [6, 6.07) is 3.19. The molecule has 0 spiro atoms. The molecule has 0 saturated heterocycles. The van der Waals surface area contributed by atoms with E-state index in [1.54, 1.807) is 32.2 Å². The Balaban J connectivity index is 2.36. The van der Waals surface area contributed by atoms with Crippen LogP contribution in [0.1, 0.15) is 13.8 Å². The number of carbonyl (C=O) groups is 2. The number of pyridine rings is 1. The predicted molar refractivity (Wildman–Crippen MR) is 68.7 cm³/mol. The van der Waals surface area contributed by atoms with Crippen LogP contribution in [-0.4, -0.2) is 29.4 Å². The molecule has 0 aliphatic rings. The first kappa shape index (κ1) is 14.1. The van der Waals surface area contributed by atoms with Gasteiger partial charge < -0.3 is 16.4 Å². The maximum atomic E-state index is 11.6. The number of hydrogen-bond acceptors (Lipinski definition) is 4. The molecule has 1 aromatic heterocycles. The number of nitrogens with two attached hydrogens (primary N) is 1. The van der Waals surface area contributed by atoms with Gasteiger partial charge in [-0.05, 0) is 19.1 Å². The van der Waals surface area contributed by atoms with E-state index in [0.717, 1.165) is 0 Å². The molecule has 0 radical (unpaired) electrons. The number of rotatable bonds is 5. The Hall–Kier alpha value is -1.95. The van der Waals surface area contributed by atoms with Crippen molar-refractivity contribution in [2.24, 2.45) is 11.7 Å². The smallest absolute Gasteiger partial charge is 0.243 e. The van der Waals surface area contributed by atoms with Crippen LogP contribution < -0.4 is 16.4 Å². The lowest BCUT2D eigenvalue weighted by Crippen LogP contribution is -2.41. The molecule has 18 heavy (non-hydrogen) atoms. The first-order valence-corrected chi connectivity index (χ1v) is 5.74. The van der Waals surface area contributed by atoms with Gasteiger partial charge in [-0.2, -0.15) is 0 Å². The number of nitrogens with zero attached hydrogens (tertiary/aromatic N) is 1. The number of anilines is 1. The van der Waals surface area contributed by atoms with Gasteiger partial charge in [0.25, 0.3) is 0 Å². The van der Waals surface area contributed by atoms with Crippen molar-refractivity contribution in [2.75, 3.05) is 11.9 Å². The number of aromatic nitrogens is 1. The van der Waals surface area contributed by atoms with Crippen LogP contribution in [0, 0.1) is 5.92 Å². The van der Waals surface area contributed by atoms with Gasteiger partial charge in [-0.1, -0.05) is 6.92 Å². The molecule has 1 aromatic rings. The van der Waals surface area contributed by atoms with Crippen molar-refractivity contribution >= 4 is 17.5 Å². The van der Waals surface area contributed by atoms with E-state index in [0.29, 0.717) is 5.69 Å². The van der Waals surface area contributed by atoms with Crippen LogP contribution in [0.3, 0.4) is 0 Å². The quantitative estimate of drug-likeness (QED) is 0.691. The standard InChI is InChI=1S/C12H18N4O2/c1-8(9(2)13)12(18)15-7-11(17)16-10-4-3-5-14-6-10/h3-6,8-9H,7,13H2,1-2H3,(H,15,18)(H,16,17). The minimum atomic E-state index is -0.323. The molecule has 0 bridgehead atoms. The van der Waals surface area contributed by atoms with E-state index in [4.69, 9.17) is 5.73 Å². The van der Waals surface area contributed by atoms with Crippen LogP contribution in [-0.2, 0) is 9.59 Å². The maximum Gasteiger partial charge on any atom is 0.243 e. The Morgan fingerprint density at radius 1 is 1.44 bits per heavy atom. The van der Waals surface area contributed by atoms with Gasteiger partial charge in [-0.3, -0.25) is 14.6 Å². The molecule has 0 aliphatic heterocycles. The third-order valence-electron chi connectivity index (χ3n) is 2.57. The first-order valence-electron chi connectivity index (χ1n) is 5.74. The minimum absolute atomic E-state index is 0.0786. The molecule has 6 heteroatoms. The van der Waals surface area contributed by atoms with Crippen molar-refractivity contribution < 1.29 is 9.59 Å². The molecular formula is C12H18N4O2. The van der Waals surface area contributed by atoms with Crippen LogP contribution in [0.2, 0.25) is 0 Å². The maximum absolute atomic E-state index is 11.6. The van der Waals surface area contributed by atoms with Gasteiger partial charge in [0.2, 0.25) is 11.8 Å². The second kappa shape index (κ2) is 6.70. The zero-order valence-electron chi connectivity index (χ0n) is 10.5. The average molecular weight is 250 g/mol. The van der Waals surface area contributed by atoms with Crippen molar-refractivity contribution in [1.82, 2.24) is 10.3 Å². The van der Waals surface area contributed by atoms with Crippen molar-refractivity contribution in [1.29, 1.82) is 0 Å². The molecule has 0 fully saturated rings. The van der Waals surface area contributed by atoms with Crippen molar-refractivity contribution in [2.45, 2.75) is 19.9 Å². The molecule has 1 rings (SSSR count). The molecule has 6 nitrogen and oxygen atoms in total. The molecule has 2 amide bonds. The largest absolute Gasteiger partial charge is 0.347 e. The summed E-state index contributed by atoms with van der Waals surface area (Å²) in [5, 5.41) is 5.15. The van der Waals surface area contributed by atoms with E-state index in [1.807, 2.05) is 0 Å². The van der Waals surface area contributed by atoms with Crippen LogP contribution in [0.15, 0.2) is 24.5 Å². The fourth-order valence-electron chi connectivity index (χ4n) is 1.21. The Kier molecular flexibility index (Phi) is 5.26. The Bertz CT molecular complexity index is 406. The number of carbonyl (C=O) groups excluding carboxylic acids is 2. The molecule has 2 unspecified atom stereocenters. The second-order valence-electron chi connectivity index (χ2n) is 4.16. The second-order valence-corrected chi connectivity index (χ2v) is 4.16. The predicted octanol–water partition coefficient (Wildman–Crippen LogP) is 0.120. The highest BCUT2D eigenvalue weighted by Crippen LogP contribution is 2.02. The number of amides is 2. The molecule has 0 aliphatic carbocycles. The fraction of sp³-hybridized carbons (Fsp3) is 0.417. The average Bonchev–Trinajstić information content (AvgIpc) is 2.36. The Morgan fingerprint density at radius 2 is 2.17 bits per heavy atom. The number of hydrogen-bond donors (Lipinski definition) is 3. The summed E-state index contributed by atoms with van der Waals surface area (Å²) in [4.78, 5) is 26.9. The van der Waals surface area contributed by atoms with Gasteiger partial charge in [0.05, 0.1) is 18.4 Å². The van der Waals surface area contributed by atoms with Gasteiger partial charge >= 0.3 is 0 Å². The molecule has 2 atom stereocenters. The van der Waals surface area contributed by atoms with E-state index in [9.17, 15) is 9.59 Å². The lowest BCUT2D eigenvalue weighted by Gasteiger charge is -2.15.